The normalized spacial score (nSPS) is 24.7. The number of nitriles is 1. The molecule has 0 radical (unpaired) electrons. The molecule has 9 nitrogen and oxygen atoms in total. The number of aromatic nitrogens is 4. The zero-order valence-electron chi connectivity index (χ0n) is 20.6. The van der Waals surface area contributed by atoms with Gasteiger partial charge in [0.1, 0.15) is 5.82 Å². The Morgan fingerprint density at radius 2 is 2.08 bits per heavy atom. The van der Waals surface area contributed by atoms with Gasteiger partial charge in [-0.2, -0.15) is 5.26 Å². The van der Waals surface area contributed by atoms with E-state index in [0.29, 0.717) is 16.5 Å². The summed E-state index contributed by atoms with van der Waals surface area (Å²) in [5.41, 5.74) is 3.67. The van der Waals surface area contributed by atoms with E-state index in [2.05, 4.69) is 26.7 Å². The van der Waals surface area contributed by atoms with Crippen LogP contribution in [0.3, 0.4) is 0 Å². The predicted molar refractivity (Wildman–Crippen MR) is 136 cm³/mol. The topological polar surface area (TPSA) is 117 Å². The molecule has 1 N–H and O–H groups in total. The first kappa shape index (κ1) is 23.6. The van der Waals surface area contributed by atoms with Gasteiger partial charge >= 0.3 is 0 Å². The SMILES string of the molecule is Cc1cc([C@H](C)n2cc(C(=O)NC3CC(c4cc(Cl)ccc4C#N)C3)nn2)cnc1N1C[C@H]2C[C@H]2C1=O. The van der Waals surface area contributed by atoms with Gasteiger partial charge in [-0.1, -0.05) is 16.8 Å². The van der Waals surface area contributed by atoms with Crippen molar-refractivity contribution in [1.29, 1.82) is 5.26 Å². The summed E-state index contributed by atoms with van der Waals surface area (Å²) in [6, 6.07) is 9.35. The molecule has 2 amide bonds. The number of piperidine rings is 1. The summed E-state index contributed by atoms with van der Waals surface area (Å²) in [7, 11) is 0. The maximum Gasteiger partial charge on any atom is 0.273 e. The van der Waals surface area contributed by atoms with Crippen molar-refractivity contribution in [2.24, 2.45) is 11.8 Å². The highest BCUT2D eigenvalue weighted by Crippen LogP contribution is 2.47. The minimum atomic E-state index is -0.274. The molecule has 10 heteroatoms. The third-order valence-corrected chi connectivity index (χ3v) is 8.15. The summed E-state index contributed by atoms with van der Waals surface area (Å²) in [4.78, 5) is 31.6. The molecule has 3 atom stereocenters. The Balaban J connectivity index is 1.08. The number of carbonyl (C=O) groups excluding carboxylic acids is 2. The first-order chi connectivity index (χ1) is 17.8. The maximum atomic E-state index is 12.8. The Labute approximate surface area is 219 Å². The third kappa shape index (κ3) is 4.25. The molecule has 3 heterocycles. The van der Waals surface area contributed by atoms with Crippen molar-refractivity contribution in [3.8, 4) is 6.07 Å². The zero-order valence-corrected chi connectivity index (χ0v) is 21.3. The van der Waals surface area contributed by atoms with Crippen molar-refractivity contribution < 1.29 is 9.59 Å². The molecule has 37 heavy (non-hydrogen) atoms. The van der Waals surface area contributed by atoms with Gasteiger partial charge in [-0.3, -0.25) is 14.5 Å². The summed E-state index contributed by atoms with van der Waals surface area (Å²) in [5.74, 6) is 1.51. The summed E-state index contributed by atoms with van der Waals surface area (Å²) in [6.07, 6.45) is 5.90. The van der Waals surface area contributed by atoms with Crippen LogP contribution in [0, 0.1) is 30.1 Å². The number of rotatable bonds is 6. The van der Waals surface area contributed by atoms with Crippen LogP contribution >= 0.6 is 11.6 Å². The maximum absolute atomic E-state index is 12.8. The molecule has 3 fully saturated rings. The lowest BCUT2D eigenvalue weighted by Crippen LogP contribution is -2.43. The van der Waals surface area contributed by atoms with E-state index in [9.17, 15) is 14.9 Å². The number of nitrogens with zero attached hydrogens (tertiary/aromatic N) is 6. The predicted octanol–water partition coefficient (Wildman–Crippen LogP) is 3.77. The van der Waals surface area contributed by atoms with Crippen molar-refractivity contribution in [3.05, 3.63) is 69.6 Å². The standard InChI is InChI=1S/C27H26ClN7O2/c1-14-5-18(11-30-25(14)34-12-19-8-23(19)27(34)37)15(2)35-13-24(32-33-35)26(36)31-21-6-17(7-21)22-9-20(28)4-3-16(22)10-29/h3-5,9,11,13,15,17,19,21,23H,6-8,12H2,1-2H3,(H,31,36)/t15-,17?,19+,21?,23+/m0/s1. The largest absolute Gasteiger partial charge is 0.348 e. The van der Waals surface area contributed by atoms with E-state index >= 15 is 0 Å². The molecule has 0 bridgehead atoms. The molecular weight excluding hydrogens is 490 g/mol. The second-order valence-electron chi connectivity index (χ2n) is 10.4. The van der Waals surface area contributed by atoms with Gasteiger partial charge in [0.2, 0.25) is 5.91 Å². The molecule has 1 aliphatic heterocycles. The smallest absolute Gasteiger partial charge is 0.273 e. The van der Waals surface area contributed by atoms with Gasteiger partial charge in [0.05, 0.1) is 23.9 Å². The number of hydrogen-bond acceptors (Lipinski definition) is 6. The number of halogens is 1. The third-order valence-electron chi connectivity index (χ3n) is 7.92. The number of aryl methyl sites for hydroxylation is 1. The fourth-order valence-corrected chi connectivity index (χ4v) is 5.69. The summed E-state index contributed by atoms with van der Waals surface area (Å²) in [6.45, 7) is 4.69. The molecule has 2 saturated carbocycles. The molecule has 0 spiro atoms. The van der Waals surface area contributed by atoms with Gasteiger partial charge in [0, 0.05) is 29.7 Å². The molecule has 2 aromatic heterocycles. The number of benzene rings is 1. The Hall–Kier alpha value is -3.77. The molecule has 6 rings (SSSR count). The first-order valence-corrected chi connectivity index (χ1v) is 12.9. The Kier molecular flexibility index (Phi) is 5.72. The highest BCUT2D eigenvalue weighted by Gasteiger charge is 2.53. The van der Waals surface area contributed by atoms with E-state index in [4.69, 9.17) is 11.6 Å². The number of anilines is 1. The molecule has 188 valence electrons. The monoisotopic (exact) mass is 515 g/mol. The van der Waals surface area contributed by atoms with Crippen molar-refractivity contribution in [2.45, 2.75) is 51.1 Å². The number of hydrogen-bond donors (Lipinski definition) is 1. The van der Waals surface area contributed by atoms with Crippen LogP contribution in [0.5, 0.6) is 0 Å². The summed E-state index contributed by atoms with van der Waals surface area (Å²) < 4.78 is 1.65. The average Bonchev–Trinajstić information content (AvgIpc) is 3.32. The Morgan fingerprint density at radius 3 is 2.78 bits per heavy atom. The van der Waals surface area contributed by atoms with Crippen LogP contribution in [0.2, 0.25) is 5.02 Å². The summed E-state index contributed by atoms with van der Waals surface area (Å²) >= 11 is 6.11. The van der Waals surface area contributed by atoms with Crippen LogP contribution < -0.4 is 10.2 Å². The van der Waals surface area contributed by atoms with Crippen LogP contribution in [-0.2, 0) is 4.79 Å². The minimum absolute atomic E-state index is 0.00401. The average molecular weight is 516 g/mol. The molecule has 1 aromatic carbocycles. The second kappa shape index (κ2) is 8.96. The highest BCUT2D eigenvalue weighted by atomic mass is 35.5. The number of pyridine rings is 1. The van der Waals surface area contributed by atoms with Gasteiger partial charge in [-0.05, 0) is 85.9 Å². The van der Waals surface area contributed by atoms with Crippen molar-refractivity contribution in [1.82, 2.24) is 25.3 Å². The number of nitrogens with one attached hydrogen (secondary N) is 1. The van der Waals surface area contributed by atoms with E-state index < -0.39 is 0 Å². The molecule has 2 aliphatic carbocycles. The fraction of sp³-hybridized carbons (Fsp3) is 0.407. The van der Waals surface area contributed by atoms with Crippen LogP contribution in [0.4, 0.5) is 5.82 Å². The lowest BCUT2D eigenvalue weighted by Gasteiger charge is -2.36. The Bertz CT molecular complexity index is 1460. The Morgan fingerprint density at radius 1 is 1.27 bits per heavy atom. The number of amides is 2. The molecule has 1 saturated heterocycles. The highest BCUT2D eigenvalue weighted by molar-refractivity contribution is 6.30. The number of fused-ring (bicyclic) bond motifs is 1. The van der Waals surface area contributed by atoms with Crippen LogP contribution in [-0.4, -0.2) is 44.4 Å². The molecule has 0 unspecified atom stereocenters. The van der Waals surface area contributed by atoms with E-state index in [1.54, 1.807) is 34.1 Å². The zero-order chi connectivity index (χ0) is 25.8. The van der Waals surface area contributed by atoms with Crippen molar-refractivity contribution >= 4 is 29.2 Å². The van der Waals surface area contributed by atoms with E-state index in [1.165, 1.54) is 0 Å². The van der Waals surface area contributed by atoms with Gasteiger partial charge in [-0.25, -0.2) is 9.67 Å². The van der Waals surface area contributed by atoms with E-state index in [0.717, 1.165) is 48.3 Å². The van der Waals surface area contributed by atoms with Gasteiger partial charge in [-0.15, -0.1) is 5.10 Å². The van der Waals surface area contributed by atoms with Crippen molar-refractivity contribution in [2.75, 3.05) is 11.4 Å². The first-order valence-electron chi connectivity index (χ1n) is 12.5. The lowest BCUT2D eigenvalue weighted by atomic mass is 9.74. The second-order valence-corrected chi connectivity index (χ2v) is 10.8. The fourth-order valence-electron chi connectivity index (χ4n) is 5.51. The molecular formula is C27H26ClN7O2. The van der Waals surface area contributed by atoms with Gasteiger partial charge in [0.25, 0.3) is 5.91 Å². The molecule has 3 aromatic rings. The van der Waals surface area contributed by atoms with Crippen LogP contribution in [0.1, 0.15) is 70.9 Å². The molecule has 3 aliphatic rings. The number of carbonyl (C=O) groups is 2. The lowest BCUT2D eigenvalue weighted by molar-refractivity contribution is -0.118. The van der Waals surface area contributed by atoms with Crippen LogP contribution in [0.15, 0.2) is 36.7 Å². The van der Waals surface area contributed by atoms with Gasteiger partial charge in [0.15, 0.2) is 5.69 Å². The van der Waals surface area contributed by atoms with Crippen LogP contribution in [0.25, 0.3) is 0 Å². The minimum Gasteiger partial charge on any atom is -0.348 e. The van der Waals surface area contributed by atoms with Gasteiger partial charge < -0.3 is 5.32 Å². The van der Waals surface area contributed by atoms with E-state index in [-0.39, 0.29) is 41.4 Å². The quantitative estimate of drug-likeness (QED) is 0.534. The summed E-state index contributed by atoms with van der Waals surface area (Å²) in [5, 5.41) is 21.3. The van der Waals surface area contributed by atoms with E-state index in [1.807, 2.05) is 26.0 Å². The van der Waals surface area contributed by atoms with Crippen molar-refractivity contribution in [3.63, 3.8) is 0 Å².